The Morgan fingerprint density at radius 1 is 0.560 bits per heavy atom. The molecule has 2 heteroatoms. The van der Waals surface area contributed by atoms with E-state index in [1.165, 1.54) is 27.8 Å². The van der Waals surface area contributed by atoms with E-state index < -0.39 is 0 Å². The topological polar surface area (TPSA) is 0 Å². The maximum absolute atomic E-state index is 12.4. The number of halogens is 2. The van der Waals surface area contributed by atoms with Crippen LogP contribution >= 0.6 is 15.9 Å². The predicted molar refractivity (Wildman–Crippen MR) is 109 cm³/mol. The first-order chi connectivity index (χ1) is 12.3. The van der Waals surface area contributed by atoms with Crippen molar-refractivity contribution in [1.29, 1.82) is 0 Å². The highest BCUT2D eigenvalue weighted by atomic mass is 79.9. The SMILES string of the molecule is FCCc1ccc(-c2ccc(-c3ccc(CCCBr)cc3)cc2)cc1. The van der Waals surface area contributed by atoms with E-state index in [2.05, 4.69) is 76.6 Å². The molecule has 0 unspecified atom stereocenters. The molecule has 0 aromatic heterocycles. The van der Waals surface area contributed by atoms with Gasteiger partial charge >= 0.3 is 0 Å². The second kappa shape index (κ2) is 8.96. The molecule has 0 bridgehead atoms. The van der Waals surface area contributed by atoms with Crippen LogP contribution in [0.5, 0.6) is 0 Å². The van der Waals surface area contributed by atoms with Crippen LogP contribution in [0.3, 0.4) is 0 Å². The highest BCUT2D eigenvalue weighted by Crippen LogP contribution is 2.25. The van der Waals surface area contributed by atoms with Crippen molar-refractivity contribution in [3.8, 4) is 22.3 Å². The summed E-state index contributed by atoms with van der Waals surface area (Å²) in [4.78, 5) is 0. The van der Waals surface area contributed by atoms with E-state index in [-0.39, 0.29) is 6.67 Å². The Hall–Kier alpha value is -1.93. The average Bonchev–Trinajstić information content (AvgIpc) is 2.68. The van der Waals surface area contributed by atoms with Gasteiger partial charge in [-0.3, -0.25) is 4.39 Å². The lowest BCUT2D eigenvalue weighted by atomic mass is 9.98. The van der Waals surface area contributed by atoms with Crippen LogP contribution in [0, 0.1) is 0 Å². The van der Waals surface area contributed by atoms with Crippen molar-refractivity contribution in [1.82, 2.24) is 0 Å². The van der Waals surface area contributed by atoms with Gasteiger partial charge in [0.15, 0.2) is 0 Å². The smallest absolute Gasteiger partial charge is 0.0934 e. The fraction of sp³-hybridized carbons (Fsp3) is 0.217. The molecule has 0 atom stereocenters. The fourth-order valence-electron chi connectivity index (χ4n) is 2.96. The number of alkyl halides is 2. The van der Waals surface area contributed by atoms with Crippen LogP contribution in [0.25, 0.3) is 22.3 Å². The van der Waals surface area contributed by atoms with E-state index in [1.807, 2.05) is 12.1 Å². The maximum Gasteiger partial charge on any atom is 0.0934 e. The Bertz CT molecular complexity index is 774. The largest absolute Gasteiger partial charge is 0.251 e. The van der Waals surface area contributed by atoms with Gasteiger partial charge in [0.25, 0.3) is 0 Å². The van der Waals surface area contributed by atoms with Crippen LogP contribution in [0.1, 0.15) is 17.5 Å². The molecule has 0 amide bonds. The third-order valence-electron chi connectivity index (χ3n) is 4.44. The number of aryl methyl sites for hydroxylation is 2. The van der Waals surface area contributed by atoms with Crippen molar-refractivity contribution in [3.63, 3.8) is 0 Å². The zero-order chi connectivity index (χ0) is 17.5. The Balaban J connectivity index is 1.73. The van der Waals surface area contributed by atoms with E-state index in [4.69, 9.17) is 0 Å². The van der Waals surface area contributed by atoms with Crippen LogP contribution in [0.15, 0.2) is 72.8 Å². The molecule has 3 aromatic rings. The predicted octanol–water partition coefficient (Wildman–Crippen LogP) is 6.86. The van der Waals surface area contributed by atoms with E-state index in [0.717, 1.165) is 23.7 Å². The van der Waals surface area contributed by atoms with Crippen molar-refractivity contribution in [3.05, 3.63) is 83.9 Å². The van der Waals surface area contributed by atoms with Crippen LogP contribution in [0.4, 0.5) is 4.39 Å². The summed E-state index contributed by atoms with van der Waals surface area (Å²) in [5, 5.41) is 1.05. The zero-order valence-electron chi connectivity index (χ0n) is 14.2. The molecule has 3 rings (SSSR count). The summed E-state index contributed by atoms with van der Waals surface area (Å²) < 4.78 is 12.4. The summed E-state index contributed by atoms with van der Waals surface area (Å²) in [5.74, 6) is 0. The molecule has 0 nitrogen and oxygen atoms in total. The van der Waals surface area contributed by atoms with Crippen molar-refractivity contribution < 1.29 is 4.39 Å². The minimum atomic E-state index is -0.303. The molecular formula is C23H22BrF. The van der Waals surface area contributed by atoms with Gasteiger partial charge in [0, 0.05) is 11.8 Å². The summed E-state index contributed by atoms with van der Waals surface area (Å²) in [7, 11) is 0. The Labute approximate surface area is 157 Å². The molecule has 25 heavy (non-hydrogen) atoms. The zero-order valence-corrected chi connectivity index (χ0v) is 15.8. The first-order valence-electron chi connectivity index (χ1n) is 8.71. The van der Waals surface area contributed by atoms with Gasteiger partial charge < -0.3 is 0 Å². The van der Waals surface area contributed by atoms with E-state index in [1.54, 1.807) is 0 Å². The molecule has 0 heterocycles. The van der Waals surface area contributed by atoms with Gasteiger partial charge in [0.1, 0.15) is 0 Å². The molecular weight excluding hydrogens is 375 g/mol. The second-order valence-corrected chi connectivity index (χ2v) is 7.00. The number of rotatable bonds is 7. The molecule has 3 aromatic carbocycles. The van der Waals surface area contributed by atoms with Gasteiger partial charge in [-0.25, -0.2) is 0 Å². The van der Waals surface area contributed by atoms with Crippen LogP contribution in [0.2, 0.25) is 0 Å². The van der Waals surface area contributed by atoms with E-state index in [0.29, 0.717) is 6.42 Å². The summed E-state index contributed by atoms with van der Waals surface area (Å²) in [6, 6.07) is 25.6. The van der Waals surface area contributed by atoms with Crippen LogP contribution < -0.4 is 0 Å². The molecule has 0 radical (unpaired) electrons. The summed E-state index contributed by atoms with van der Waals surface area (Å²) >= 11 is 3.48. The van der Waals surface area contributed by atoms with Gasteiger partial charge in [-0.1, -0.05) is 88.7 Å². The van der Waals surface area contributed by atoms with Gasteiger partial charge in [0.2, 0.25) is 0 Å². The Morgan fingerprint density at radius 3 is 1.28 bits per heavy atom. The quantitative estimate of drug-likeness (QED) is 0.382. The first kappa shape index (κ1) is 17.9. The second-order valence-electron chi connectivity index (χ2n) is 6.20. The van der Waals surface area contributed by atoms with Crippen molar-refractivity contribution in [2.24, 2.45) is 0 Å². The third kappa shape index (κ3) is 4.79. The fourth-order valence-corrected chi connectivity index (χ4v) is 3.24. The number of hydrogen-bond donors (Lipinski definition) is 0. The van der Waals surface area contributed by atoms with Crippen molar-refractivity contribution >= 4 is 15.9 Å². The lowest BCUT2D eigenvalue weighted by Crippen LogP contribution is -1.87. The molecule has 0 fully saturated rings. The maximum atomic E-state index is 12.4. The molecule has 128 valence electrons. The van der Waals surface area contributed by atoms with Crippen LogP contribution in [-0.2, 0) is 12.8 Å². The highest BCUT2D eigenvalue weighted by Gasteiger charge is 2.02. The molecule has 0 N–H and O–H groups in total. The minimum Gasteiger partial charge on any atom is -0.251 e. The lowest BCUT2D eigenvalue weighted by Gasteiger charge is -2.07. The van der Waals surface area contributed by atoms with Crippen molar-refractivity contribution in [2.45, 2.75) is 19.3 Å². The molecule has 0 aliphatic heterocycles. The molecule has 0 saturated heterocycles. The molecule has 0 aliphatic rings. The highest BCUT2D eigenvalue weighted by molar-refractivity contribution is 9.09. The molecule has 0 spiro atoms. The van der Waals surface area contributed by atoms with Gasteiger partial charge in [-0.15, -0.1) is 0 Å². The van der Waals surface area contributed by atoms with E-state index in [9.17, 15) is 4.39 Å². The van der Waals surface area contributed by atoms with Gasteiger partial charge in [-0.05, 0) is 46.2 Å². The standard InChI is InChI=1S/C23H22BrF/c24-16-1-2-18-3-7-20(8-4-18)22-11-13-23(14-12-22)21-9-5-19(6-10-21)15-17-25/h3-14H,1-2,15-17H2. The monoisotopic (exact) mass is 396 g/mol. The summed E-state index contributed by atoms with van der Waals surface area (Å²) in [5.41, 5.74) is 7.25. The van der Waals surface area contributed by atoms with Gasteiger partial charge in [-0.2, -0.15) is 0 Å². The normalized spacial score (nSPS) is 10.8. The van der Waals surface area contributed by atoms with Crippen LogP contribution in [-0.4, -0.2) is 12.0 Å². The summed E-state index contributed by atoms with van der Waals surface area (Å²) in [6.45, 7) is -0.303. The first-order valence-corrected chi connectivity index (χ1v) is 9.83. The summed E-state index contributed by atoms with van der Waals surface area (Å²) in [6.07, 6.45) is 2.77. The number of hydrogen-bond acceptors (Lipinski definition) is 0. The lowest BCUT2D eigenvalue weighted by molar-refractivity contribution is 0.495. The Kier molecular flexibility index (Phi) is 6.41. The Morgan fingerprint density at radius 2 is 0.920 bits per heavy atom. The van der Waals surface area contributed by atoms with E-state index >= 15 is 0 Å². The average molecular weight is 397 g/mol. The minimum absolute atomic E-state index is 0.303. The molecule has 0 saturated carbocycles. The van der Waals surface area contributed by atoms with Gasteiger partial charge in [0.05, 0.1) is 6.67 Å². The van der Waals surface area contributed by atoms with Crippen molar-refractivity contribution in [2.75, 3.05) is 12.0 Å². The third-order valence-corrected chi connectivity index (χ3v) is 5.00. The molecule has 0 aliphatic carbocycles. The number of benzene rings is 3.